The molecule has 0 fully saturated rings. The summed E-state index contributed by atoms with van der Waals surface area (Å²) < 4.78 is 5.73. The van der Waals surface area contributed by atoms with Crippen molar-refractivity contribution < 1.29 is 4.74 Å². The summed E-state index contributed by atoms with van der Waals surface area (Å²) in [5.41, 5.74) is 1.20. The van der Waals surface area contributed by atoms with Crippen LogP contribution in [0, 0.1) is 0 Å². The molecule has 1 aromatic carbocycles. The number of nitrogens with zero attached hydrogens (tertiary/aromatic N) is 1. The van der Waals surface area contributed by atoms with Gasteiger partial charge in [-0.3, -0.25) is 0 Å². The molecule has 0 aromatic heterocycles. The summed E-state index contributed by atoms with van der Waals surface area (Å²) in [4.78, 5) is 2.31. The molecule has 0 N–H and O–H groups in total. The highest BCUT2D eigenvalue weighted by Crippen LogP contribution is 2.27. The molecular weight excluding hydrogens is 186 g/mol. The molecule has 1 rings (SSSR count). The molecule has 0 aliphatic heterocycles. The van der Waals surface area contributed by atoms with Gasteiger partial charge in [-0.05, 0) is 32.4 Å². The molecule has 2 nitrogen and oxygen atoms in total. The molecule has 0 heterocycles. The third-order valence-corrected chi connectivity index (χ3v) is 2.43. The molecule has 0 atom stereocenters. The van der Waals surface area contributed by atoms with Crippen LogP contribution in [0.2, 0.25) is 0 Å². The highest BCUT2D eigenvalue weighted by atomic mass is 16.5. The van der Waals surface area contributed by atoms with Crippen LogP contribution in [-0.2, 0) is 0 Å². The third-order valence-electron chi connectivity index (χ3n) is 2.43. The highest BCUT2D eigenvalue weighted by Gasteiger charge is 2.07. The van der Waals surface area contributed by atoms with Gasteiger partial charge in [0.2, 0.25) is 0 Å². The van der Waals surface area contributed by atoms with E-state index in [1.54, 1.807) is 0 Å². The first-order chi connectivity index (χ1) is 7.33. The summed E-state index contributed by atoms with van der Waals surface area (Å²) in [7, 11) is 0. The molecule has 0 aliphatic carbocycles. The van der Waals surface area contributed by atoms with Crippen molar-refractivity contribution in [2.45, 2.75) is 27.2 Å². The zero-order valence-electron chi connectivity index (χ0n) is 9.99. The molecule has 0 amide bonds. The van der Waals surface area contributed by atoms with Crippen molar-refractivity contribution in [2.75, 3.05) is 24.6 Å². The van der Waals surface area contributed by atoms with Crippen molar-refractivity contribution in [3.05, 3.63) is 24.3 Å². The first-order valence-electron chi connectivity index (χ1n) is 5.80. The Morgan fingerprint density at radius 3 is 2.33 bits per heavy atom. The molecule has 0 aliphatic rings. The minimum absolute atomic E-state index is 0.790. The summed E-state index contributed by atoms with van der Waals surface area (Å²) in [5.74, 6) is 1.00. The number of para-hydroxylation sites is 2. The van der Waals surface area contributed by atoms with E-state index in [1.807, 2.05) is 12.1 Å². The van der Waals surface area contributed by atoms with Gasteiger partial charge in [0.1, 0.15) is 5.75 Å². The van der Waals surface area contributed by atoms with Gasteiger partial charge in [-0.1, -0.05) is 19.1 Å². The third kappa shape index (κ3) is 3.15. The Morgan fingerprint density at radius 2 is 1.73 bits per heavy atom. The van der Waals surface area contributed by atoms with E-state index in [4.69, 9.17) is 4.74 Å². The second kappa shape index (κ2) is 6.33. The number of hydrogen-bond donors (Lipinski definition) is 0. The van der Waals surface area contributed by atoms with Crippen molar-refractivity contribution in [2.24, 2.45) is 0 Å². The smallest absolute Gasteiger partial charge is 0.142 e. The zero-order chi connectivity index (χ0) is 11.1. The molecular formula is C13H21NO. The van der Waals surface area contributed by atoms with Crippen molar-refractivity contribution in [3.8, 4) is 5.75 Å². The lowest BCUT2D eigenvalue weighted by atomic mass is 10.2. The summed E-state index contributed by atoms with van der Waals surface area (Å²) in [6.45, 7) is 9.28. The van der Waals surface area contributed by atoms with Crippen LogP contribution in [0.25, 0.3) is 0 Å². The van der Waals surface area contributed by atoms with E-state index in [-0.39, 0.29) is 0 Å². The summed E-state index contributed by atoms with van der Waals surface area (Å²) in [6, 6.07) is 8.26. The standard InChI is InChI=1S/C13H21NO/c1-4-11-15-13-10-8-7-9-12(13)14(5-2)6-3/h7-10H,4-6,11H2,1-3H3. The molecule has 0 saturated heterocycles. The largest absolute Gasteiger partial charge is 0.491 e. The van der Waals surface area contributed by atoms with Gasteiger partial charge in [0.05, 0.1) is 12.3 Å². The number of anilines is 1. The van der Waals surface area contributed by atoms with E-state index in [0.29, 0.717) is 0 Å². The number of hydrogen-bond acceptors (Lipinski definition) is 2. The van der Waals surface area contributed by atoms with Crippen LogP contribution in [0.3, 0.4) is 0 Å². The average Bonchev–Trinajstić information content (AvgIpc) is 2.29. The predicted molar refractivity (Wildman–Crippen MR) is 65.8 cm³/mol. The topological polar surface area (TPSA) is 12.5 Å². The van der Waals surface area contributed by atoms with Gasteiger partial charge < -0.3 is 9.64 Å². The van der Waals surface area contributed by atoms with Gasteiger partial charge in [-0.25, -0.2) is 0 Å². The van der Waals surface area contributed by atoms with E-state index in [0.717, 1.165) is 31.9 Å². The van der Waals surface area contributed by atoms with Crippen LogP contribution >= 0.6 is 0 Å². The highest BCUT2D eigenvalue weighted by molar-refractivity contribution is 5.58. The molecule has 0 unspecified atom stereocenters. The van der Waals surface area contributed by atoms with Crippen LogP contribution in [0.15, 0.2) is 24.3 Å². The van der Waals surface area contributed by atoms with Gasteiger partial charge in [0, 0.05) is 13.1 Å². The van der Waals surface area contributed by atoms with Crippen molar-refractivity contribution in [3.63, 3.8) is 0 Å². The second-order valence-electron chi connectivity index (χ2n) is 3.49. The molecule has 2 heteroatoms. The van der Waals surface area contributed by atoms with Gasteiger partial charge in [0.25, 0.3) is 0 Å². The van der Waals surface area contributed by atoms with E-state index >= 15 is 0 Å². The molecule has 84 valence electrons. The molecule has 1 aromatic rings. The number of benzene rings is 1. The monoisotopic (exact) mass is 207 g/mol. The van der Waals surface area contributed by atoms with Crippen LogP contribution < -0.4 is 9.64 Å². The Labute approximate surface area is 92.9 Å². The fourth-order valence-corrected chi connectivity index (χ4v) is 1.62. The Morgan fingerprint density at radius 1 is 1.07 bits per heavy atom. The summed E-state index contributed by atoms with van der Waals surface area (Å²) in [5, 5.41) is 0. The quantitative estimate of drug-likeness (QED) is 0.709. The Kier molecular flexibility index (Phi) is 5.02. The maximum Gasteiger partial charge on any atom is 0.142 e. The van der Waals surface area contributed by atoms with E-state index in [2.05, 4.69) is 37.8 Å². The van der Waals surface area contributed by atoms with Crippen LogP contribution in [0.1, 0.15) is 27.2 Å². The Bertz CT molecular complexity index is 282. The lowest BCUT2D eigenvalue weighted by Crippen LogP contribution is -2.22. The van der Waals surface area contributed by atoms with Gasteiger partial charge in [-0.15, -0.1) is 0 Å². The second-order valence-corrected chi connectivity index (χ2v) is 3.49. The minimum atomic E-state index is 0.790. The predicted octanol–water partition coefficient (Wildman–Crippen LogP) is 3.32. The van der Waals surface area contributed by atoms with Crippen molar-refractivity contribution in [1.82, 2.24) is 0 Å². The van der Waals surface area contributed by atoms with Gasteiger partial charge >= 0.3 is 0 Å². The zero-order valence-corrected chi connectivity index (χ0v) is 9.99. The van der Waals surface area contributed by atoms with E-state index < -0.39 is 0 Å². The van der Waals surface area contributed by atoms with Gasteiger partial charge in [-0.2, -0.15) is 0 Å². The summed E-state index contributed by atoms with van der Waals surface area (Å²) in [6.07, 6.45) is 1.05. The van der Waals surface area contributed by atoms with Crippen molar-refractivity contribution in [1.29, 1.82) is 0 Å². The van der Waals surface area contributed by atoms with Crippen LogP contribution in [-0.4, -0.2) is 19.7 Å². The van der Waals surface area contributed by atoms with E-state index in [1.165, 1.54) is 5.69 Å². The molecule has 0 bridgehead atoms. The first-order valence-corrected chi connectivity index (χ1v) is 5.80. The fourth-order valence-electron chi connectivity index (χ4n) is 1.62. The maximum atomic E-state index is 5.73. The molecule has 0 radical (unpaired) electrons. The summed E-state index contributed by atoms with van der Waals surface area (Å²) >= 11 is 0. The fraction of sp³-hybridized carbons (Fsp3) is 0.538. The average molecular weight is 207 g/mol. The van der Waals surface area contributed by atoms with Crippen LogP contribution in [0.5, 0.6) is 5.75 Å². The lowest BCUT2D eigenvalue weighted by Gasteiger charge is -2.23. The lowest BCUT2D eigenvalue weighted by molar-refractivity contribution is 0.317. The first kappa shape index (κ1) is 11.9. The number of rotatable bonds is 6. The Balaban J connectivity index is 2.84. The maximum absolute atomic E-state index is 5.73. The normalized spacial score (nSPS) is 10.1. The Hall–Kier alpha value is -1.18. The van der Waals surface area contributed by atoms with Gasteiger partial charge in [0.15, 0.2) is 0 Å². The number of ether oxygens (including phenoxy) is 1. The van der Waals surface area contributed by atoms with Crippen molar-refractivity contribution >= 4 is 5.69 Å². The SMILES string of the molecule is CCCOc1ccccc1N(CC)CC. The van der Waals surface area contributed by atoms with E-state index in [9.17, 15) is 0 Å². The van der Waals surface area contributed by atoms with Crippen LogP contribution in [0.4, 0.5) is 5.69 Å². The molecule has 0 spiro atoms. The molecule has 15 heavy (non-hydrogen) atoms. The molecule has 0 saturated carbocycles. The minimum Gasteiger partial charge on any atom is -0.491 e.